The van der Waals surface area contributed by atoms with Crippen LogP contribution in [0, 0.1) is 0 Å². The average molecular weight is 384 g/mol. The summed E-state index contributed by atoms with van der Waals surface area (Å²) in [5.74, 6) is -0.337. The number of carbonyl (C=O) groups excluding carboxylic acids is 2. The molecular formula is C24H20N2O3. The molecule has 1 aliphatic heterocycles. The van der Waals surface area contributed by atoms with Crippen molar-refractivity contribution in [3.8, 4) is 0 Å². The number of esters is 1. The number of ketones is 1. The summed E-state index contributed by atoms with van der Waals surface area (Å²) < 4.78 is 4.81. The molecule has 2 aliphatic rings. The minimum atomic E-state index is -0.368. The first-order chi connectivity index (χ1) is 14.2. The molecule has 1 aromatic heterocycles. The van der Waals surface area contributed by atoms with Gasteiger partial charge in [-0.25, -0.2) is 4.79 Å². The van der Waals surface area contributed by atoms with Crippen LogP contribution in [0.4, 0.5) is 5.69 Å². The summed E-state index contributed by atoms with van der Waals surface area (Å²) in [6, 6.07) is 15.4. The molecule has 1 aliphatic carbocycles. The summed E-state index contributed by atoms with van der Waals surface area (Å²) in [4.78, 5) is 29.2. The second kappa shape index (κ2) is 6.85. The van der Waals surface area contributed by atoms with Gasteiger partial charge in [-0.1, -0.05) is 18.2 Å². The van der Waals surface area contributed by atoms with E-state index < -0.39 is 0 Å². The first-order valence-electron chi connectivity index (χ1n) is 9.76. The normalized spacial score (nSPS) is 18.1. The van der Waals surface area contributed by atoms with Crippen LogP contribution in [-0.4, -0.2) is 23.8 Å². The van der Waals surface area contributed by atoms with Crippen LogP contribution >= 0.6 is 0 Å². The molecule has 0 bridgehead atoms. The van der Waals surface area contributed by atoms with Gasteiger partial charge in [0, 0.05) is 35.2 Å². The number of nitrogens with one attached hydrogen (secondary N) is 1. The number of rotatable bonds is 2. The summed E-state index contributed by atoms with van der Waals surface area (Å²) >= 11 is 0. The number of benzene rings is 2. The number of pyridine rings is 1. The molecule has 29 heavy (non-hydrogen) atoms. The lowest BCUT2D eigenvalue weighted by Gasteiger charge is -2.34. The van der Waals surface area contributed by atoms with Crippen LogP contribution in [0.3, 0.4) is 0 Å². The summed E-state index contributed by atoms with van der Waals surface area (Å²) in [5, 5.41) is 4.60. The standard InChI is InChI=1S/C24H20N2O3/c1-29-24(28)15-9-7-14(8-10-15)21-17-11-12-18-16(4-3-13-25-18)23(17)26-19-5-2-6-20(27)22(19)21/h3-4,7-13,21,26H,2,5-6H2,1H3. The fourth-order valence-corrected chi connectivity index (χ4v) is 4.46. The monoisotopic (exact) mass is 384 g/mol. The van der Waals surface area contributed by atoms with Crippen molar-refractivity contribution >= 4 is 28.3 Å². The SMILES string of the molecule is COC(=O)c1ccc(C2C3=C(CCCC3=O)Nc3c2ccc2ncccc32)cc1. The first-order valence-corrected chi connectivity index (χ1v) is 9.76. The van der Waals surface area contributed by atoms with Gasteiger partial charge in [0.05, 0.1) is 23.9 Å². The number of Topliss-reactive ketones (excluding diaryl/α,β-unsaturated/α-hetero) is 1. The number of ether oxygens (including phenoxy) is 1. The van der Waals surface area contributed by atoms with Gasteiger partial charge in [-0.05, 0) is 54.3 Å². The quantitative estimate of drug-likeness (QED) is 0.655. The largest absolute Gasteiger partial charge is 0.465 e. The fourth-order valence-electron chi connectivity index (χ4n) is 4.46. The number of allylic oxidation sites excluding steroid dienone is 2. The Morgan fingerprint density at radius 2 is 1.93 bits per heavy atom. The third kappa shape index (κ3) is 2.81. The number of methoxy groups -OCH3 is 1. The van der Waals surface area contributed by atoms with E-state index in [1.54, 1.807) is 18.3 Å². The number of nitrogens with zero attached hydrogens (tertiary/aromatic N) is 1. The maximum Gasteiger partial charge on any atom is 0.337 e. The van der Waals surface area contributed by atoms with Crippen molar-refractivity contribution in [2.45, 2.75) is 25.2 Å². The van der Waals surface area contributed by atoms with Crippen molar-refractivity contribution in [2.75, 3.05) is 12.4 Å². The lowest BCUT2D eigenvalue weighted by atomic mass is 9.75. The van der Waals surface area contributed by atoms with Gasteiger partial charge in [-0.15, -0.1) is 0 Å². The van der Waals surface area contributed by atoms with Crippen molar-refractivity contribution in [3.63, 3.8) is 0 Å². The average Bonchev–Trinajstić information content (AvgIpc) is 2.77. The smallest absolute Gasteiger partial charge is 0.337 e. The molecule has 0 spiro atoms. The Morgan fingerprint density at radius 1 is 1.10 bits per heavy atom. The summed E-state index contributed by atoms with van der Waals surface area (Å²) in [6.07, 6.45) is 4.07. The molecule has 3 aromatic rings. The molecule has 0 amide bonds. The number of hydrogen-bond acceptors (Lipinski definition) is 5. The van der Waals surface area contributed by atoms with Gasteiger partial charge in [-0.3, -0.25) is 9.78 Å². The topological polar surface area (TPSA) is 68.3 Å². The van der Waals surface area contributed by atoms with E-state index >= 15 is 0 Å². The van der Waals surface area contributed by atoms with E-state index in [4.69, 9.17) is 4.74 Å². The highest BCUT2D eigenvalue weighted by Crippen LogP contribution is 2.47. The molecule has 1 atom stereocenters. The van der Waals surface area contributed by atoms with Crippen LogP contribution < -0.4 is 5.32 Å². The third-order valence-corrected chi connectivity index (χ3v) is 5.81. The molecule has 0 saturated carbocycles. The van der Waals surface area contributed by atoms with E-state index in [2.05, 4.69) is 22.4 Å². The van der Waals surface area contributed by atoms with Gasteiger partial charge in [0.2, 0.25) is 0 Å². The molecule has 0 radical (unpaired) electrons. The van der Waals surface area contributed by atoms with Crippen molar-refractivity contribution in [2.24, 2.45) is 0 Å². The number of carbonyl (C=O) groups is 2. The molecule has 2 aromatic carbocycles. The Bertz CT molecular complexity index is 1180. The van der Waals surface area contributed by atoms with Crippen molar-refractivity contribution in [1.82, 2.24) is 4.98 Å². The van der Waals surface area contributed by atoms with E-state index in [1.807, 2.05) is 24.3 Å². The molecule has 5 heteroatoms. The van der Waals surface area contributed by atoms with Crippen LogP contribution in [0.15, 0.2) is 66.0 Å². The Morgan fingerprint density at radius 3 is 2.72 bits per heavy atom. The maximum absolute atomic E-state index is 12.9. The molecule has 144 valence electrons. The number of fused-ring (bicyclic) bond motifs is 3. The highest BCUT2D eigenvalue weighted by molar-refractivity contribution is 6.04. The highest BCUT2D eigenvalue weighted by Gasteiger charge is 2.35. The van der Waals surface area contributed by atoms with Crippen LogP contribution in [0.2, 0.25) is 0 Å². The first kappa shape index (κ1) is 17.6. The predicted molar refractivity (Wildman–Crippen MR) is 111 cm³/mol. The lowest BCUT2D eigenvalue weighted by molar-refractivity contribution is -0.116. The van der Waals surface area contributed by atoms with E-state index in [9.17, 15) is 9.59 Å². The molecule has 5 rings (SSSR count). The number of hydrogen-bond donors (Lipinski definition) is 1. The molecule has 1 N–H and O–H groups in total. The predicted octanol–water partition coefficient (Wildman–Crippen LogP) is 4.59. The van der Waals surface area contributed by atoms with E-state index in [0.717, 1.165) is 51.8 Å². The van der Waals surface area contributed by atoms with E-state index in [0.29, 0.717) is 12.0 Å². The Hall–Kier alpha value is -3.47. The lowest BCUT2D eigenvalue weighted by Crippen LogP contribution is -2.27. The molecule has 2 heterocycles. The van der Waals surface area contributed by atoms with Gasteiger partial charge in [0.25, 0.3) is 0 Å². The van der Waals surface area contributed by atoms with Gasteiger partial charge < -0.3 is 10.1 Å². The van der Waals surface area contributed by atoms with E-state index in [-0.39, 0.29) is 17.7 Å². The Labute approximate surface area is 168 Å². The van der Waals surface area contributed by atoms with Crippen LogP contribution in [-0.2, 0) is 9.53 Å². The zero-order valence-electron chi connectivity index (χ0n) is 16.1. The third-order valence-electron chi connectivity index (χ3n) is 5.81. The zero-order chi connectivity index (χ0) is 20.0. The highest BCUT2D eigenvalue weighted by atomic mass is 16.5. The number of anilines is 1. The van der Waals surface area contributed by atoms with Gasteiger partial charge >= 0.3 is 5.97 Å². The summed E-state index contributed by atoms with van der Waals surface area (Å²) in [6.45, 7) is 0. The molecule has 5 nitrogen and oxygen atoms in total. The second-order valence-electron chi connectivity index (χ2n) is 7.44. The van der Waals surface area contributed by atoms with Crippen molar-refractivity contribution < 1.29 is 14.3 Å². The van der Waals surface area contributed by atoms with Gasteiger partial charge in [0.15, 0.2) is 5.78 Å². The Kier molecular flexibility index (Phi) is 4.16. The molecular weight excluding hydrogens is 364 g/mol. The second-order valence-corrected chi connectivity index (χ2v) is 7.44. The molecule has 1 unspecified atom stereocenters. The molecule has 0 saturated heterocycles. The summed E-state index contributed by atoms with van der Waals surface area (Å²) in [5.41, 5.74) is 6.34. The minimum Gasteiger partial charge on any atom is -0.465 e. The van der Waals surface area contributed by atoms with Crippen molar-refractivity contribution in [1.29, 1.82) is 0 Å². The fraction of sp³-hybridized carbons (Fsp3) is 0.208. The van der Waals surface area contributed by atoms with Gasteiger partial charge in [-0.2, -0.15) is 0 Å². The van der Waals surface area contributed by atoms with Crippen LogP contribution in [0.5, 0.6) is 0 Å². The van der Waals surface area contributed by atoms with Crippen LogP contribution in [0.25, 0.3) is 10.9 Å². The minimum absolute atomic E-state index is 0.162. The number of aromatic nitrogens is 1. The van der Waals surface area contributed by atoms with Gasteiger partial charge in [0.1, 0.15) is 0 Å². The maximum atomic E-state index is 12.9. The molecule has 0 fully saturated rings. The Balaban J connectivity index is 1.71. The van der Waals surface area contributed by atoms with Crippen molar-refractivity contribution in [3.05, 3.63) is 82.7 Å². The van der Waals surface area contributed by atoms with E-state index in [1.165, 1.54) is 7.11 Å². The summed E-state index contributed by atoms with van der Waals surface area (Å²) in [7, 11) is 1.37. The van der Waals surface area contributed by atoms with Crippen LogP contribution in [0.1, 0.15) is 46.7 Å². The zero-order valence-corrected chi connectivity index (χ0v) is 16.1.